The van der Waals surface area contributed by atoms with E-state index < -0.39 is 10.0 Å². The minimum absolute atomic E-state index is 0.255. The molecule has 0 unspecified atom stereocenters. The fourth-order valence-electron chi connectivity index (χ4n) is 3.10. The van der Waals surface area contributed by atoms with Gasteiger partial charge in [0.15, 0.2) is 0 Å². The summed E-state index contributed by atoms with van der Waals surface area (Å²) in [5, 5.41) is 8.21. The summed E-state index contributed by atoms with van der Waals surface area (Å²) >= 11 is 0. The van der Waals surface area contributed by atoms with Crippen molar-refractivity contribution >= 4 is 33.0 Å². The Bertz CT molecular complexity index is 1160. The number of hydrazone groups is 1. The number of aryl methyl sites for hydroxylation is 1. The summed E-state index contributed by atoms with van der Waals surface area (Å²) < 4.78 is 27.6. The fourth-order valence-corrected chi connectivity index (χ4v) is 4.48. The van der Waals surface area contributed by atoms with E-state index in [0.717, 1.165) is 35.4 Å². The lowest BCUT2D eigenvalue weighted by molar-refractivity contribution is 0.589. The summed E-state index contributed by atoms with van der Waals surface area (Å²) in [5.41, 5.74) is 5.29. The van der Waals surface area contributed by atoms with Gasteiger partial charge in [0.25, 0.3) is 10.0 Å². The Kier molecular flexibility index (Phi) is 4.87. The topological polar surface area (TPSA) is 87.8 Å². The number of nitrogens with zero attached hydrogens (tertiary/aromatic N) is 3. The van der Waals surface area contributed by atoms with Crippen molar-refractivity contribution in [1.29, 1.82) is 0 Å². The van der Waals surface area contributed by atoms with Crippen LogP contribution in [0.4, 0.5) is 0 Å². The summed E-state index contributed by atoms with van der Waals surface area (Å²) in [6.45, 7) is 4.07. The van der Waals surface area contributed by atoms with Gasteiger partial charge in [-0.15, -0.1) is 0 Å². The first-order valence-electron chi connectivity index (χ1n) is 9.01. The number of fused-ring (bicyclic) bond motifs is 1. The number of hydrogen-bond donors (Lipinski definition) is 2. The molecule has 28 heavy (non-hydrogen) atoms. The second-order valence-corrected chi connectivity index (χ2v) is 8.38. The average Bonchev–Trinajstić information content (AvgIpc) is 3.34. The van der Waals surface area contributed by atoms with Crippen LogP contribution < -0.4 is 10.7 Å². The maximum atomic E-state index is 13.2. The van der Waals surface area contributed by atoms with E-state index in [4.69, 9.17) is 0 Å². The first kappa shape index (κ1) is 18.2. The maximum Gasteiger partial charge on any atom is 0.268 e. The number of amidine groups is 1. The number of nitrogens with one attached hydrogen (secondary N) is 2. The van der Waals surface area contributed by atoms with Crippen LogP contribution in [-0.2, 0) is 10.0 Å². The first-order valence-corrected chi connectivity index (χ1v) is 10.5. The third kappa shape index (κ3) is 3.50. The molecule has 0 bridgehead atoms. The fraction of sp³-hybridized carbons (Fsp3) is 0.200. The molecule has 1 aliphatic rings. The van der Waals surface area contributed by atoms with Crippen molar-refractivity contribution in [2.45, 2.75) is 11.8 Å². The molecule has 4 rings (SSSR count). The van der Waals surface area contributed by atoms with Gasteiger partial charge in [0, 0.05) is 23.7 Å². The highest BCUT2D eigenvalue weighted by molar-refractivity contribution is 7.90. The zero-order valence-corrected chi connectivity index (χ0v) is 16.3. The van der Waals surface area contributed by atoms with Crippen molar-refractivity contribution in [3.63, 3.8) is 0 Å². The molecule has 0 aliphatic carbocycles. The second kappa shape index (κ2) is 7.47. The summed E-state index contributed by atoms with van der Waals surface area (Å²) in [6, 6.07) is 14.2. The lowest BCUT2D eigenvalue weighted by Crippen LogP contribution is -2.28. The highest BCUT2D eigenvalue weighted by Crippen LogP contribution is 2.25. The summed E-state index contributed by atoms with van der Waals surface area (Å²) in [4.78, 5) is 4.55. The summed E-state index contributed by atoms with van der Waals surface area (Å²) in [5.74, 6) is 0.876. The van der Waals surface area contributed by atoms with E-state index in [1.165, 1.54) is 3.97 Å². The molecule has 2 aromatic carbocycles. The Balaban J connectivity index is 1.67. The highest BCUT2D eigenvalue weighted by atomic mass is 32.2. The van der Waals surface area contributed by atoms with Gasteiger partial charge in [-0.25, -0.2) is 12.4 Å². The van der Waals surface area contributed by atoms with E-state index in [-0.39, 0.29) is 4.90 Å². The van der Waals surface area contributed by atoms with E-state index in [1.54, 1.807) is 42.7 Å². The largest absolute Gasteiger partial charge is 0.370 e. The molecule has 0 radical (unpaired) electrons. The predicted molar refractivity (Wildman–Crippen MR) is 112 cm³/mol. The van der Waals surface area contributed by atoms with E-state index in [2.05, 4.69) is 20.8 Å². The van der Waals surface area contributed by atoms with Crippen LogP contribution in [0, 0.1) is 6.92 Å². The molecule has 144 valence electrons. The normalized spacial score (nSPS) is 14.4. The van der Waals surface area contributed by atoms with Crippen LogP contribution in [-0.4, -0.2) is 44.1 Å². The number of rotatable bonds is 6. The third-order valence-corrected chi connectivity index (χ3v) is 6.26. The smallest absolute Gasteiger partial charge is 0.268 e. The highest BCUT2D eigenvalue weighted by Gasteiger charge is 2.20. The van der Waals surface area contributed by atoms with E-state index >= 15 is 0 Å². The molecule has 0 saturated carbocycles. The van der Waals surface area contributed by atoms with Gasteiger partial charge in [-0.1, -0.05) is 35.9 Å². The van der Waals surface area contributed by atoms with Crippen LogP contribution in [0.5, 0.6) is 0 Å². The van der Waals surface area contributed by atoms with Crippen LogP contribution in [0.25, 0.3) is 10.9 Å². The summed E-state index contributed by atoms with van der Waals surface area (Å²) in [7, 11) is -3.70. The molecule has 1 aromatic heterocycles. The lowest BCUT2D eigenvalue weighted by atomic mass is 10.2. The Labute approximate surface area is 163 Å². The predicted octanol–water partition coefficient (Wildman–Crippen LogP) is 2.11. The van der Waals surface area contributed by atoms with Crippen LogP contribution in [0.2, 0.25) is 0 Å². The molecule has 8 heteroatoms. The molecule has 7 nitrogen and oxygen atoms in total. The molecule has 0 fully saturated rings. The molecule has 0 saturated heterocycles. The first-order chi connectivity index (χ1) is 13.6. The number of hydrogen-bond acceptors (Lipinski definition) is 6. The zero-order valence-electron chi connectivity index (χ0n) is 15.5. The Morgan fingerprint density at radius 2 is 2.00 bits per heavy atom. The SMILES string of the molecule is Cc1ccc(S(=O)(=O)n2cc(C=NNCC3=NCCN3)c3ccccc32)cc1. The number of aliphatic imine (C=N–C) groups is 1. The van der Waals surface area contributed by atoms with E-state index in [1.807, 2.05) is 25.1 Å². The van der Waals surface area contributed by atoms with Gasteiger partial charge in [-0.2, -0.15) is 5.10 Å². The van der Waals surface area contributed by atoms with Gasteiger partial charge >= 0.3 is 0 Å². The van der Waals surface area contributed by atoms with Gasteiger partial charge in [0.2, 0.25) is 0 Å². The quantitative estimate of drug-likeness (QED) is 0.494. The zero-order chi connectivity index (χ0) is 19.6. The molecule has 0 atom stereocenters. The molecule has 1 aliphatic heterocycles. The van der Waals surface area contributed by atoms with Crippen molar-refractivity contribution in [3.05, 3.63) is 65.9 Å². The van der Waals surface area contributed by atoms with Crippen LogP contribution in [0.1, 0.15) is 11.1 Å². The van der Waals surface area contributed by atoms with Crippen molar-refractivity contribution in [3.8, 4) is 0 Å². The van der Waals surface area contributed by atoms with E-state index in [9.17, 15) is 8.42 Å². The number of para-hydroxylation sites is 1. The van der Waals surface area contributed by atoms with Gasteiger partial charge < -0.3 is 10.7 Å². The molecule has 2 N–H and O–H groups in total. The standard InChI is InChI=1S/C20H21N5O2S/c1-15-6-8-17(9-7-15)28(26,27)25-14-16(18-4-2-3-5-19(18)25)12-23-24-13-20-21-10-11-22-20/h2-9,12,14,24H,10-11,13H2,1H3,(H,21,22). The minimum atomic E-state index is -3.70. The van der Waals surface area contributed by atoms with Gasteiger partial charge in [0.1, 0.15) is 5.84 Å². The number of aromatic nitrogens is 1. The van der Waals surface area contributed by atoms with Crippen LogP contribution >= 0.6 is 0 Å². The van der Waals surface area contributed by atoms with E-state index in [0.29, 0.717) is 12.1 Å². The maximum absolute atomic E-state index is 13.2. The van der Waals surface area contributed by atoms with Crippen molar-refractivity contribution in [2.24, 2.45) is 10.1 Å². The lowest BCUT2D eigenvalue weighted by Gasteiger charge is -2.07. The average molecular weight is 395 g/mol. The number of benzene rings is 2. The van der Waals surface area contributed by atoms with Gasteiger partial charge in [-0.05, 0) is 25.1 Å². The molecular weight excluding hydrogens is 374 g/mol. The van der Waals surface area contributed by atoms with Crippen molar-refractivity contribution in [2.75, 3.05) is 19.6 Å². The van der Waals surface area contributed by atoms with Crippen molar-refractivity contribution in [1.82, 2.24) is 14.7 Å². The monoisotopic (exact) mass is 395 g/mol. The third-order valence-electron chi connectivity index (χ3n) is 4.57. The van der Waals surface area contributed by atoms with Gasteiger partial charge in [0.05, 0.1) is 29.7 Å². The summed E-state index contributed by atoms with van der Waals surface area (Å²) in [6.07, 6.45) is 3.25. The van der Waals surface area contributed by atoms with Crippen molar-refractivity contribution < 1.29 is 8.42 Å². The molecule has 0 amide bonds. The molecule has 2 heterocycles. The molecular formula is C20H21N5O2S. The van der Waals surface area contributed by atoms with Crippen LogP contribution in [0.3, 0.4) is 0 Å². The molecule has 0 spiro atoms. The Hall–Kier alpha value is -3.13. The Morgan fingerprint density at radius 3 is 2.75 bits per heavy atom. The van der Waals surface area contributed by atoms with Crippen LogP contribution in [0.15, 0.2) is 69.7 Å². The van der Waals surface area contributed by atoms with Gasteiger partial charge in [-0.3, -0.25) is 4.99 Å². The second-order valence-electron chi connectivity index (χ2n) is 6.56. The molecule has 3 aromatic rings. The minimum Gasteiger partial charge on any atom is -0.370 e. The Morgan fingerprint density at radius 1 is 1.21 bits per heavy atom.